The summed E-state index contributed by atoms with van der Waals surface area (Å²) in [5.74, 6) is 0.230. The molecule has 0 spiro atoms. The van der Waals surface area contributed by atoms with Gasteiger partial charge in [-0.25, -0.2) is 9.97 Å². The Balaban J connectivity index is 1.84. The van der Waals surface area contributed by atoms with Crippen molar-refractivity contribution in [1.82, 2.24) is 15.0 Å². The van der Waals surface area contributed by atoms with E-state index < -0.39 is 11.7 Å². The van der Waals surface area contributed by atoms with Gasteiger partial charge in [0.2, 0.25) is 11.8 Å². The number of rotatable bonds is 3. The van der Waals surface area contributed by atoms with E-state index in [1.54, 1.807) is 24.3 Å². The molecule has 2 aromatic heterocycles. The monoisotopic (exact) mass is 372 g/mol. The fourth-order valence-electron chi connectivity index (χ4n) is 2.23. The van der Waals surface area contributed by atoms with Crippen molar-refractivity contribution in [1.29, 1.82) is 5.26 Å². The number of alkyl halides is 3. The van der Waals surface area contributed by atoms with Gasteiger partial charge in [-0.05, 0) is 30.3 Å². The number of anilines is 2. The van der Waals surface area contributed by atoms with Crippen molar-refractivity contribution < 1.29 is 17.9 Å². The molecular weight excluding hydrogens is 361 g/mol. The van der Waals surface area contributed by atoms with Crippen LogP contribution >= 0.6 is 0 Å². The Bertz CT molecular complexity index is 1010. The summed E-state index contributed by atoms with van der Waals surface area (Å²) < 4.78 is 43.0. The van der Waals surface area contributed by atoms with E-state index in [4.69, 9.17) is 16.2 Å². The minimum Gasteiger partial charge on any atom is -0.439 e. The largest absolute Gasteiger partial charge is 0.439 e. The number of pyridine rings is 1. The molecule has 0 unspecified atom stereocenters. The van der Waals surface area contributed by atoms with Crippen LogP contribution in [0.5, 0.6) is 11.6 Å². The predicted octanol–water partition coefficient (Wildman–Crippen LogP) is 3.39. The lowest BCUT2D eigenvalue weighted by atomic mass is 10.1. The molecule has 0 saturated carbocycles. The molecule has 0 aliphatic rings. The van der Waals surface area contributed by atoms with Crippen LogP contribution in [0.25, 0.3) is 11.3 Å². The number of aromatic nitrogens is 3. The van der Waals surface area contributed by atoms with Crippen LogP contribution in [0, 0.1) is 11.3 Å². The van der Waals surface area contributed by atoms with E-state index in [-0.39, 0.29) is 28.9 Å². The molecular formula is C17H11F3N6O. The lowest BCUT2D eigenvalue weighted by molar-refractivity contribution is -0.137. The highest BCUT2D eigenvalue weighted by Crippen LogP contribution is 2.31. The van der Waals surface area contributed by atoms with Crippen molar-refractivity contribution in [3.05, 3.63) is 53.7 Å². The number of nitrogens with zero attached hydrogens (tertiary/aromatic N) is 4. The number of ether oxygens (including phenoxy) is 1. The number of nitrogen functional groups attached to an aromatic ring is 2. The summed E-state index contributed by atoms with van der Waals surface area (Å²) in [5, 5.41) is 9.22. The third-order valence-electron chi connectivity index (χ3n) is 3.48. The maximum Gasteiger partial charge on any atom is 0.417 e. The minimum absolute atomic E-state index is 0.00369. The van der Waals surface area contributed by atoms with Gasteiger partial charge in [-0.15, -0.1) is 0 Å². The zero-order valence-corrected chi connectivity index (χ0v) is 13.5. The molecule has 3 rings (SSSR count). The van der Waals surface area contributed by atoms with Crippen LogP contribution in [0.4, 0.5) is 24.9 Å². The van der Waals surface area contributed by atoms with Crippen LogP contribution < -0.4 is 16.2 Å². The smallest absolute Gasteiger partial charge is 0.417 e. The van der Waals surface area contributed by atoms with Gasteiger partial charge in [0, 0.05) is 17.8 Å². The molecule has 0 saturated heterocycles. The summed E-state index contributed by atoms with van der Waals surface area (Å²) >= 11 is 0. The van der Waals surface area contributed by atoms with Crippen LogP contribution in [0.3, 0.4) is 0 Å². The molecule has 3 aromatic rings. The molecule has 0 radical (unpaired) electrons. The zero-order chi connectivity index (χ0) is 19.6. The molecule has 27 heavy (non-hydrogen) atoms. The van der Waals surface area contributed by atoms with Gasteiger partial charge in [0.1, 0.15) is 23.2 Å². The van der Waals surface area contributed by atoms with Crippen LogP contribution in [0.2, 0.25) is 0 Å². The molecule has 0 amide bonds. The second-order valence-corrected chi connectivity index (χ2v) is 5.31. The number of halogens is 3. The van der Waals surface area contributed by atoms with Gasteiger partial charge in [0.05, 0.1) is 11.3 Å². The van der Waals surface area contributed by atoms with Gasteiger partial charge in [0.15, 0.2) is 0 Å². The first kappa shape index (κ1) is 17.9. The fourth-order valence-corrected chi connectivity index (χ4v) is 2.23. The number of nitrogens with two attached hydrogens (primary N) is 2. The Kier molecular flexibility index (Phi) is 4.51. The first-order valence-electron chi connectivity index (χ1n) is 7.42. The van der Waals surface area contributed by atoms with Crippen molar-refractivity contribution in [3.8, 4) is 29.0 Å². The van der Waals surface area contributed by atoms with E-state index in [0.717, 1.165) is 12.1 Å². The Labute approximate surface area is 151 Å². The first-order chi connectivity index (χ1) is 12.8. The van der Waals surface area contributed by atoms with Gasteiger partial charge in [-0.3, -0.25) is 0 Å². The zero-order valence-electron chi connectivity index (χ0n) is 13.5. The molecule has 0 aliphatic heterocycles. The van der Waals surface area contributed by atoms with Crippen molar-refractivity contribution in [2.24, 2.45) is 0 Å². The standard InChI is InChI=1S/C17H11F3N6O/c18-17(19,20)10-3-6-13(24-8-10)27-11-4-1-9(2-5-11)14-12(7-21)15(22)26-16(23)25-14/h1-6,8H,(H4,22,23,25,26). The number of nitriles is 1. The van der Waals surface area contributed by atoms with Crippen molar-refractivity contribution >= 4 is 11.8 Å². The Hall–Kier alpha value is -3.87. The van der Waals surface area contributed by atoms with E-state index in [1.807, 2.05) is 6.07 Å². The molecule has 4 N–H and O–H groups in total. The van der Waals surface area contributed by atoms with Crippen molar-refractivity contribution in [2.45, 2.75) is 6.18 Å². The van der Waals surface area contributed by atoms with Crippen LogP contribution in [-0.4, -0.2) is 15.0 Å². The summed E-state index contributed by atoms with van der Waals surface area (Å²) in [6.07, 6.45) is -3.78. The van der Waals surface area contributed by atoms with Crippen LogP contribution in [-0.2, 0) is 6.18 Å². The Morgan fingerprint density at radius 3 is 2.26 bits per heavy atom. The molecule has 10 heteroatoms. The Morgan fingerprint density at radius 1 is 1.00 bits per heavy atom. The minimum atomic E-state index is -4.47. The van der Waals surface area contributed by atoms with Gasteiger partial charge < -0.3 is 16.2 Å². The summed E-state index contributed by atoms with van der Waals surface area (Å²) in [7, 11) is 0. The predicted molar refractivity (Wildman–Crippen MR) is 90.3 cm³/mol. The number of hydrogen-bond donors (Lipinski definition) is 2. The molecule has 2 heterocycles. The average Bonchev–Trinajstić information content (AvgIpc) is 2.61. The van der Waals surface area contributed by atoms with Crippen LogP contribution in [0.15, 0.2) is 42.6 Å². The van der Waals surface area contributed by atoms with Gasteiger partial charge in [-0.1, -0.05) is 0 Å². The lowest BCUT2D eigenvalue weighted by Crippen LogP contribution is -2.05. The second kappa shape index (κ2) is 6.80. The first-order valence-corrected chi connectivity index (χ1v) is 7.42. The van der Waals surface area contributed by atoms with Crippen molar-refractivity contribution in [3.63, 3.8) is 0 Å². The van der Waals surface area contributed by atoms with E-state index in [0.29, 0.717) is 17.5 Å². The molecule has 136 valence electrons. The molecule has 0 atom stereocenters. The second-order valence-electron chi connectivity index (χ2n) is 5.31. The highest BCUT2D eigenvalue weighted by molar-refractivity contribution is 5.73. The third-order valence-corrected chi connectivity index (χ3v) is 3.48. The summed E-state index contributed by atoms with van der Waals surface area (Å²) in [4.78, 5) is 11.4. The molecule has 0 fully saturated rings. The van der Waals surface area contributed by atoms with Gasteiger partial charge in [0.25, 0.3) is 0 Å². The third kappa shape index (κ3) is 3.87. The molecule has 7 nitrogen and oxygen atoms in total. The molecule has 1 aromatic carbocycles. The average molecular weight is 372 g/mol. The highest BCUT2D eigenvalue weighted by Gasteiger charge is 2.30. The number of hydrogen-bond acceptors (Lipinski definition) is 7. The maximum absolute atomic E-state index is 12.5. The van der Waals surface area contributed by atoms with Gasteiger partial charge in [-0.2, -0.15) is 23.4 Å². The molecule has 0 aliphatic carbocycles. The van der Waals surface area contributed by atoms with Crippen LogP contribution in [0.1, 0.15) is 11.1 Å². The summed E-state index contributed by atoms with van der Waals surface area (Å²) in [6, 6.07) is 10.2. The summed E-state index contributed by atoms with van der Waals surface area (Å²) in [5.41, 5.74) is 11.3. The lowest BCUT2D eigenvalue weighted by Gasteiger charge is -2.09. The quantitative estimate of drug-likeness (QED) is 0.722. The normalized spacial score (nSPS) is 11.0. The Morgan fingerprint density at radius 2 is 1.70 bits per heavy atom. The van der Waals surface area contributed by atoms with Gasteiger partial charge >= 0.3 is 6.18 Å². The highest BCUT2D eigenvalue weighted by atomic mass is 19.4. The van der Waals surface area contributed by atoms with E-state index in [1.165, 1.54) is 0 Å². The SMILES string of the molecule is N#Cc1c(N)nc(N)nc1-c1ccc(Oc2ccc(C(F)(F)F)cn2)cc1. The van der Waals surface area contributed by atoms with E-state index in [9.17, 15) is 18.4 Å². The number of benzene rings is 1. The van der Waals surface area contributed by atoms with Crippen molar-refractivity contribution in [2.75, 3.05) is 11.5 Å². The van der Waals surface area contributed by atoms with E-state index >= 15 is 0 Å². The fraction of sp³-hybridized carbons (Fsp3) is 0.0588. The summed E-state index contributed by atoms with van der Waals surface area (Å²) in [6.45, 7) is 0. The van der Waals surface area contributed by atoms with E-state index in [2.05, 4.69) is 15.0 Å². The maximum atomic E-state index is 12.5. The molecule has 0 bridgehead atoms. The topological polar surface area (TPSA) is 124 Å².